The number of amides is 1. The largest absolute Gasteiger partial charge is 0.461 e. The molecule has 0 bridgehead atoms. The Balaban J connectivity index is 1.23. The lowest BCUT2D eigenvalue weighted by Crippen LogP contribution is -2.59. The second-order valence-electron chi connectivity index (χ2n) is 9.86. The third-order valence-corrected chi connectivity index (χ3v) is 7.98. The SMILES string of the molecule is O=C(CC1NCCC2C1C[C@@H]2OC(=O)C1(c2ccccc2)CCCCCC1)Nc1ccon1. The number of nitrogens with zero attached hydrogens (tertiary/aromatic N) is 1. The number of esters is 1. The summed E-state index contributed by atoms with van der Waals surface area (Å²) in [5.74, 6) is 0.976. The van der Waals surface area contributed by atoms with Crippen LogP contribution in [-0.2, 0) is 19.7 Å². The molecule has 1 aromatic heterocycles. The number of carbonyl (C=O) groups excluding carboxylic acids is 2. The zero-order valence-electron chi connectivity index (χ0n) is 19.0. The number of nitrogens with one attached hydrogen (secondary N) is 2. The molecule has 4 atom stereocenters. The van der Waals surface area contributed by atoms with E-state index < -0.39 is 5.41 Å². The molecule has 3 fully saturated rings. The number of carbonyl (C=O) groups is 2. The van der Waals surface area contributed by atoms with E-state index >= 15 is 0 Å². The lowest BCUT2D eigenvalue weighted by atomic mass is 9.63. The van der Waals surface area contributed by atoms with Crippen LogP contribution < -0.4 is 10.6 Å². The molecular formula is C26H33N3O4. The minimum atomic E-state index is -0.521. The molecule has 2 heterocycles. The van der Waals surface area contributed by atoms with Gasteiger partial charge >= 0.3 is 5.97 Å². The van der Waals surface area contributed by atoms with E-state index in [0.717, 1.165) is 50.6 Å². The van der Waals surface area contributed by atoms with E-state index in [1.54, 1.807) is 6.07 Å². The number of fused-ring (bicyclic) bond motifs is 1. The van der Waals surface area contributed by atoms with Gasteiger partial charge in [-0.1, -0.05) is 61.2 Å². The van der Waals surface area contributed by atoms with E-state index in [0.29, 0.717) is 24.1 Å². The summed E-state index contributed by atoms with van der Waals surface area (Å²) in [6.07, 6.45) is 9.77. The average molecular weight is 452 g/mol. The van der Waals surface area contributed by atoms with Gasteiger partial charge in [-0.05, 0) is 43.7 Å². The molecule has 1 amide bonds. The van der Waals surface area contributed by atoms with Crippen molar-refractivity contribution < 1.29 is 18.8 Å². The lowest BCUT2D eigenvalue weighted by Gasteiger charge is -2.51. The van der Waals surface area contributed by atoms with Gasteiger partial charge in [0.2, 0.25) is 5.91 Å². The van der Waals surface area contributed by atoms with Crippen LogP contribution in [0.1, 0.15) is 63.4 Å². The number of piperidine rings is 1. The van der Waals surface area contributed by atoms with E-state index in [9.17, 15) is 9.59 Å². The van der Waals surface area contributed by atoms with Crippen LogP contribution in [0.5, 0.6) is 0 Å². The van der Waals surface area contributed by atoms with Gasteiger partial charge in [0.1, 0.15) is 12.4 Å². The Morgan fingerprint density at radius 3 is 2.61 bits per heavy atom. The Kier molecular flexibility index (Phi) is 6.49. The topological polar surface area (TPSA) is 93.5 Å². The Labute approximate surface area is 194 Å². The molecule has 2 aromatic rings. The number of benzene rings is 1. The maximum absolute atomic E-state index is 13.7. The average Bonchev–Trinajstić information content (AvgIpc) is 3.19. The number of hydrogen-bond donors (Lipinski definition) is 2. The molecule has 3 unspecified atom stereocenters. The van der Waals surface area contributed by atoms with Crippen LogP contribution in [0.15, 0.2) is 47.2 Å². The maximum Gasteiger partial charge on any atom is 0.316 e. The number of ether oxygens (including phenoxy) is 1. The molecule has 1 saturated heterocycles. The molecule has 2 N–H and O–H groups in total. The minimum absolute atomic E-state index is 0.0436. The van der Waals surface area contributed by atoms with E-state index in [-0.39, 0.29) is 24.0 Å². The molecule has 7 nitrogen and oxygen atoms in total. The Morgan fingerprint density at radius 2 is 1.88 bits per heavy atom. The Morgan fingerprint density at radius 1 is 1.09 bits per heavy atom. The molecular weight excluding hydrogens is 418 g/mol. The monoisotopic (exact) mass is 451 g/mol. The van der Waals surface area contributed by atoms with Gasteiger partial charge < -0.3 is 19.9 Å². The number of rotatable bonds is 6. The van der Waals surface area contributed by atoms with Crippen molar-refractivity contribution in [3.05, 3.63) is 48.2 Å². The minimum Gasteiger partial charge on any atom is -0.461 e. The van der Waals surface area contributed by atoms with Crippen LogP contribution in [0.25, 0.3) is 0 Å². The predicted octanol–water partition coefficient (Wildman–Crippen LogP) is 4.21. The fourth-order valence-corrected chi connectivity index (χ4v) is 6.13. The molecule has 5 rings (SSSR count). The molecule has 1 aromatic carbocycles. The van der Waals surface area contributed by atoms with Crippen molar-refractivity contribution >= 4 is 17.7 Å². The molecule has 2 saturated carbocycles. The van der Waals surface area contributed by atoms with Crippen LogP contribution in [-0.4, -0.2) is 35.7 Å². The van der Waals surface area contributed by atoms with Gasteiger partial charge in [0.25, 0.3) is 0 Å². The summed E-state index contributed by atoms with van der Waals surface area (Å²) < 4.78 is 11.0. The third-order valence-electron chi connectivity index (χ3n) is 7.98. The van der Waals surface area contributed by atoms with E-state index in [2.05, 4.69) is 27.9 Å². The highest BCUT2D eigenvalue weighted by Gasteiger charge is 2.51. The highest BCUT2D eigenvalue weighted by atomic mass is 16.5. The fourth-order valence-electron chi connectivity index (χ4n) is 6.13. The van der Waals surface area contributed by atoms with Crippen molar-refractivity contribution in [2.24, 2.45) is 11.8 Å². The second-order valence-corrected chi connectivity index (χ2v) is 9.86. The first-order chi connectivity index (χ1) is 16.2. The van der Waals surface area contributed by atoms with Crippen molar-refractivity contribution in [3.63, 3.8) is 0 Å². The summed E-state index contributed by atoms with van der Waals surface area (Å²) in [6.45, 7) is 0.834. The highest BCUT2D eigenvalue weighted by Crippen LogP contribution is 2.47. The standard InChI is InChI=1S/C26H33N3O4/c30-24(28-23-11-15-32-29-23)17-21-20-16-22(19(20)10-14-27-21)33-25(31)26(12-6-1-2-7-13-26)18-8-4-3-5-9-18/h3-5,8-9,11,15,19-22,27H,1-2,6-7,10,12-14,16-17H2,(H,28,29,30)/t19?,20?,21?,22-/m0/s1. The Hall–Kier alpha value is -2.67. The van der Waals surface area contributed by atoms with Gasteiger partial charge in [-0.2, -0.15) is 0 Å². The van der Waals surface area contributed by atoms with Crippen LogP contribution in [0.2, 0.25) is 0 Å². The first-order valence-corrected chi connectivity index (χ1v) is 12.4. The van der Waals surface area contributed by atoms with Crippen molar-refractivity contribution in [1.82, 2.24) is 10.5 Å². The summed E-state index contributed by atoms with van der Waals surface area (Å²) in [5.41, 5.74) is 0.576. The summed E-state index contributed by atoms with van der Waals surface area (Å²) >= 11 is 0. The summed E-state index contributed by atoms with van der Waals surface area (Å²) in [6, 6.07) is 11.9. The first kappa shape index (κ1) is 22.1. The third kappa shape index (κ3) is 4.56. The fraction of sp³-hybridized carbons (Fsp3) is 0.577. The molecule has 0 spiro atoms. The van der Waals surface area contributed by atoms with Gasteiger partial charge in [0.15, 0.2) is 5.82 Å². The smallest absolute Gasteiger partial charge is 0.316 e. The number of aromatic nitrogens is 1. The zero-order chi connectivity index (χ0) is 22.7. The molecule has 2 aliphatic carbocycles. The van der Waals surface area contributed by atoms with Crippen LogP contribution in [0, 0.1) is 11.8 Å². The quantitative estimate of drug-likeness (QED) is 0.505. The molecule has 33 heavy (non-hydrogen) atoms. The van der Waals surface area contributed by atoms with Gasteiger partial charge in [-0.25, -0.2) is 0 Å². The Bertz CT molecular complexity index is 938. The van der Waals surface area contributed by atoms with Crippen molar-refractivity contribution in [2.75, 3.05) is 11.9 Å². The van der Waals surface area contributed by atoms with E-state index in [1.807, 2.05) is 18.2 Å². The second kappa shape index (κ2) is 9.67. The summed E-state index contributed by atoms with van der Waals surface area (Å²) in [4.78, 5) is 26.1. The van der Waals surface area contributed by atoms with Crippen molar-refractivity contribution in [3.8, 4) is 0 Å². The zero-order valence-corrected chi connectivity index (χ0v) is 19.0. The number of anilines is 1. The number of hydrogen-bond acceptors (Lipinski definition) is 6. The van der Waals surface area contributed by atoms with Crippen LogP contribution in [0.4, 0.5) is 5.82 Å². The first-order valence-electron chi connectivity index (χ1n) is 12.4. The molecule has 3 aliphatic rings. The summed E-state index contributed by atoms with van der Waals surface area (Å²) in [5, 5.41) is 10.0. The normalized spacial score (nSPS) is 28.6. The van der Waals surface area contributed by atoms with Crippen LogP contribution >= 0.6 is 0 Å². The van der Waals surface area contributed by atoms with Crippen molar-refractivity contribution in [2.45, 2.75) is 75.3 Å². The van der Waals surface area contributed by atoms with Gasteiger partial charge in [-0.3, -0.25) is 9.59 Å². The van der Waals surface area contributed by atoms with Gasteiger partial charge in [-0.15, -0.1) is 0 Å². The summed E-state index contributed by atoms with van der Waals surface area (Å²) in [7, 11) is 0. The van der Waals surface area contributed by atoms with E-state index in [1.165, 1.54) is 19.1 Å². The van der Waals surface area contributed by atoms with Gasteiger partial charge in [0, 0.05) is 24.4 Å². The van der Waals surface area contributed by atoms with E-state index in [4.69, 9.17) is 9.26 Å². The lowest BCUT2D eigenvalue weighted by molar-refractivity contribution is -0.176. The molecule has 0 radical (unpaired) electrons. The highest BCUT2D eigenvalue weighted by molar-refractivity contribution is 5.90. The molecule has 7 heteroatoms. The maximum atomic E-state index is 13.7. The molecule has 176 valence electrons. The molecule has 1 aliphatic heterocycles. The van der Waals surface area contributed by atoms with Crippen molar-refractivity contribution in [1.29, 1.82) is 0 Å². The van der Waals surface area contributed by atoms with Crippen LogP contribution in [0.3, 0.4) is 0 Å². The predicted molar refractivity (Wildman–Crippen MR) is 123 cm³/mol. The van der Waals surface area contributed by atoms with Gasteiger partial charge in [0.05, 0.1) is 5.41 Å².